The van der Waals surface area contributed by atoms with Gasteiger partial charge in [-0.2, -0.15) is 0 Å². The fourth-order valence-corrected chi connectivity index (χ4v) is 1.98. The van der Waals surface area contributed by atoms with E-state index in [2.05, 4.69) is 4.74 Å². The lowest BCUT2D eigenvalue weighted by molar-refractivity contribution is -0.152. The molecule has 2 rings (SSSR count). The second-order valence-electron chi connectivity index (χ2n) is 4.92. The van der Waals surface area contributed by atoms with E-state index in [4.69, 9.17) is 0 Å². The van der Waals surface area contributed by atoms with Gasteiger partial charge in [-0.25, -0.2) is 9.59 Å². The van der Waals surface area contributed by atoms with E-state index < -0.39 is 11.9 Å². The molecule has 0 saturated heterocycles. The summed E-state index contributed by atoms with van der Waals surface area (Å²) in [6.45, 7) is 0. The SMILES string of the molecule is O=C(C=CCc1ccccc1)OC(=O)C=CCc1ccccc1. The van der Waals surface area contributed by atoms with Crippen LogP contribution in [0.4, 0.5) is 0 Å². The zero-order valence-electron chi connectivity index (χ0n) is 12.7. The highest BCUT2D eigenvalue weighted by atomic mass is 16.6. The number of benzene rings is 2. The summed E-state index contributed by atoms with van der Waals surface area (Å²) >= 11 is 0. The average molecular weight is 306 g/mol. The van der Waals surface area contributed by atoms with Gasteiger partial charge < -0.3 is 4.74 Å². The number of rotatable bonds is 6. The largest absolute Gasteiger partial charge is 0.387 e. The molecule has 23 heavy (non-hydrogen) atoms. The van der Waals surface area contributed by atoms with Gasteiger partial charge in [0.15, 0.2) is 0 Å². The molecular weight excluding hydrogens is 288 g/mol. The first-order valence-electron chi connectivity index (χ1n) is 7.41. The molecule has 0 aromatic heterocycles. The Labute approximate surface area is 135 Å². The van der Waals surface area contributed by atoms with Crippen LogP contribution in [0.2, 0.25) is 0 Å². The molecule has 0 fully saturated rings. The molecule has 2 aromatic rings. The quantitative estimate of drug-likeness (QED) is 0.465. The van der Waals surface area contributed by atoms with Crippen LogP contribution >= 0.6 is 0 Å². The maximum absolute atomic E-state index is 11.5. The van der Waals surface area contributed by atoms with E-state index in [0.717, 1.165) is 11.1 Å². The van der Waals surface area contributed by atoms with E-state index in [1.54, 1.807) is 12.2 Å². The van der Waals surface area contributed by atoms with Crippen molar-refractivity contribution in [2.75, 3.05) is 0 Å². The number of allylic oxidation sites excluding steroid dienone is 2. The van der Waals surface area contributed by atoms with Crippen LogP contribution in [0.25, 0.3) is 0 Å². The summed E-state index contributed by atoms with van der Waals surface area (Å²) in [4.78, 5) is 23.0. The Balaban J connectivity index is 1.73. The molecule has 0 saturated carbocycles. The van der Waals surface area contributed by atoms with E-state index in [0.29, 0.717) is 12.8 Å². The van der Waals surface area contributed by atoms with E-state index in [9.17, 15) is 9.59 Å². The summed E-state index contributed by atoms with van der Waals surface area (Å²) in [5, 5.41) is 0. The van der Waals surface area contributed by atoms with Gasteiger partial charge in [0.2, 0.25) is 0 Å². The van der Waals surface area contributed by atoms with Gasteiger partial charge in [0.05, 0.1) is 0 Å². The Kier molecular flexibility index (Phi) is 6.54. The van der Waals surface area contributed by atoms with Gasteiger partial charge in [-0.3, -0.25) is 0 Å². The fourth-order valence-electron chi connectivity index (χ4n) is 1.98. The zero-order valence-corrected chi connectivity index (χ0v) is 12.7. The monoisotopic (exact) mass is 306 g/mol. The average Bonchev–Trinajstić information content (AvgIpc) is 2.57. The van der Waals surface area contributed by atoms with Crippen LogP contribution in [0.15, 0.2) is 85.0 Å². The van der Waals surface area contributed by atoms with Gasteiger partial charge in [-0.05, 0) is 24.0 Å². The van der Waals surface area contributed by atoms with Crippen molar-refractivity contribution in [3.63, 3.8) is 0 Å². The molecule has 2 aromatic carbocycles. The molecule has 0 N–H and O–H groups in total. The first kappa shape index (κ1) is 16.4. The third-order valence-corrected chi connectivity index (χ3v) is 3.10. The normalized spacial score (nSPS) is 11.0. The first-order valence-corrected chi connectivity index (χ1v) is 7.41. The molecule has 0 aliphatic carbocycles. The highest BCUT2D eigenvalue weighted by molar-refractivity contribution is 5.96. The number of carbonyl (C=O) groups is 2. The van der Waals surface area contributed by atoms with Gasteiger partial charge in [0.1, 0.15) is 0 Å². The lowest BCUT2D eigenvalue weighted by atomic mass is 10.1. The van der Waals surface area contributed by atoms with Crippen molar-refractivity contribution >= 4 is 11.9 Å². The van der Waals surface area contributed by atoms with E-state index in [1.165, 1.54) is 12.2 Å². The number of hydrogen-bond acceptors (Lipinski definition) is 3. The smallest absolute Gasteiger partial charge is 0.338 e. The Morgan fingerprint density at radius 3 is 1.48 bits per heavy atom. The van der Waals surface area contributed by atoms with Crippen LogP contribution in [-0.4, -0.2) is 11.9 Å². The molecule has 0 atom stereocenters. The lowest BCUT2D eigenvalue weighted by Crippen LogP contribution is -2.07. The number of carbonyl (C=O) groups excluding carboxylic acids is 2. The van der Waals surface area contributed by atoms with Crippen LogP contribution in [0.3, 0.4) is 0 Å². The summed E-state index contributed by atoms with van der Waals surface area (Å²) in [6, 6.07) is 19.5. The van der Waals surface area contributed by atoms with Crippen LogP contribution in [0.5, 0.6) is 0 Å². The third kappa shape index (κ3) is 6.57. The van der Waals surface area contributed by atoms with Crippen molar-refractivity contribution in [2.24, 2.45) is 0 Å². The standard InChI is InChI=1S/C20H18O3/c21-19(15-7-13-17-9-3-1-4-10-17)23-20(22)16-8-14-18-11-5-2-6-12-18/h1-12,15-16H,13-14H2. The maximum atomic E-state index is 11.5. The minimum atomic E-state index is -0.657. The number of hydrogen-bond donors (Lipinski definition) is 0. The van der Waals surface area contributed by atoms with Crippen molar-refractivity contribution in [3.8, 4) is 0 Å². The molecule has 3 nitrogen and oxygen atoms in total. The lowest BCUT2D eigenvalue weighted by Gasteiger charge is -1.97. The van der Waals surface area contributed by atoms with Gasteiger partial charge in [0, 0.05) is 12.2 Å². The van der Waals surface area contributed by atoms with Gasteiger partial charge in [-0.15, -0.1) is 0 Å². The maximum Gasteiger partial charge on any atom is 0.338 e. The molecule has 0 radical (unpaired) electrons. The second-order valence-corrected chi connectivity index (χ2v) is 4.92. The number of esters is 2. The van der Waals surface area contributed by atoms with Crippen molar-refractivity contribution in [2.45, 2.75) is 12.8 Å². The molecule has 0 unspecified atom stereocenters. The molecule has 0 spiro atoms. The van der Waals surface area contributed by atoms with E-state index in [1.807, 2.05) is 60.7 Å². The summed E-state index contributed by atoms with van der Waals surface area (Å²) < 4.78 is 4.67. The second kappa shape index (κ2) is 9.15. The minimum absolute atomic E-state index is 0.619. The molecule has 0 aliphatic heterocycles. The number of ether oxygens (including phenoxy) is 1. The summed E-state index contributed by atoms with van der Waals surface area (Å²) in [5.74, 6) is -1.31. The van der Waals surface area contributed by atoms with E-state index in [-0.39, 0.29) is 0 Å². The fraction of sp³-hybridized carbons (Fsp3) is 0.100. The molecule has 0 heterocycles. The Morgan fingerprint density at radius 2 is 1.09 bits per heavy atom. The van der Waals surface area contributed by atoms with Crippen molar-refractivity contribution in [3.05, 3.63) is 96.1 Å². The van der Waals surface area contributed by atoms with Crippen molar-refractivity contribution in [1.29, 1.82) is 0 Å². The Bertz CT molecular complexity index is 624. The van der Waals surface area contributed by atoms with Gasteiger partial charge in [0.25, 0.3) is 0 Å². The molecule has 3 heteroatoms. The zero-order chi connectivity index (χ0) is 16.3. The molecule has 0 amide bonds. The van der Waals surface area contributed by atoms with E-state index >= 15 is 0 Å². The Morgan fingerprint density at radius 1 is 0.696 bits per heavy atom. The summed E-state index contributed by atoms with van der Waals surface area (Å²) in [6.07, 6.45) is 7.14. The highest BCUT2D eigenvalue weighted by Crippen LogP contribution is 2.01. The molecule has 116 valence electrons. The summed E-state index contributed by atoms with van der Waals surface area (Å²) in [5.41, 5.74) is 2.18. The topological polar surface area (TPSA) is 43.4 Å². The van der Waals surface area contributed by atoms with Crippen LogP contribution in [-0.2, 0) is 27.2 Å². The Hall–Kier alpha value is -2.94. The molecular formula is C20H18O3. The minimum Gasteiger partial charge on any atom is -0.387 e. The molecule has 0 aliphatic rings. The van der Waals surface area contributed by atoms with Crippen LogP contribution in [0, 0.1) is 0 Å². The van der Waals surface area contributed by atoms with Crippen LogP contribution in [0.1, 0.15) is 11.1 Å². The van der Waals surface area contributed by atoms with Crippen molar-refractivity contribution < 1.29 is 14.3 Å². The highest BCUT2D eigenvalue weighted by Gasteiger charge is 2.03. The van der Waals surface area contributed by atoms with Crippen LogP contribution < -0.4 is 0 Å². The first-order chi connectivity index (χ1) is 11.2. The third-order valence-electron chi connectivity index (χ3n) is 3.10. The van der Waals surface area contributed by atoms with Gasteiger partial charge in [-0.1, -0.05) is 72.8 Å². The van der Waals surface area contributed by atoms with Crippen molar-refractivity contribution in [1.82, 2.24) is 0 Å². The predicted octanol–water partition coefficient (Wildman–Crippen LogP) is 3.65. The van der Waals surface area contributed by atoms with Gasteiger partial charge >= 0.3 is 11.9 Å². The predicted molar refractivity (Wildman–Crippen MR) is 89.7 cm³/mol. The molecule has 0 bridgehead atoms. The summed E-state index contributed by atoms with van der Waals surface area (Å²) in [7, 11) is 0.